The van der Waals surface area contributed by atoms with Crippen LogP contribution in [-0.4, -0.2) is 54.4 Å². The first-order chi connectivity index (χ1) is 13.6. The zero-order chi connectivity index (χ0) is 19.9. The third-order valence-corrected chi connectivity index (χ3v) is 6.28. The Bertz CT molecular complexity index is 662. The molecule has 0 aromatic heterocycles. The third kappa shape index (κ3) is 5.06. The summed E-state index contributed by atoms with van der Waals surface area (Å²) >= 11 is 0. The van der Waals surface area contributed by atoms with Gasteiger partial charge in [0.1, 0.15) is 5.75 Å². The highest BCUT2D eigenvalue weighted by molar-refractivity contribution is 5.80. The Hall–Kier alpha value is -2.04. The monoisotopic (exact) mass is 386 g/mol. The second kappa shape index (κ2) is 9.94. The molecule has 0 bridgehead atoms. The van der Waals surface area contributed by atoms with Gasteiger partial charge in [-0.2, -0.15) is 0 Å². The van der Waals surface area contributed by atoms with E-state index < -0.39 is 0 Å². The highest BCUT2D eigenvalue weighted by atomic mass is 16.5. The van der Waals surface area contributed by atoms with E-state index in [4.69, 9.17) is 4.74 Å². The maximum absolute atomic E-state index is 12.7. The van der Waals surface area contributed by atoms with Crippen LogP contribution < -0.4 is 4.74 Å². The number of hydrogen-bond acceptors (Lipinski definition) is 3. The first-order valence-corrected chi connectivity index (χ1v) is 10.9. The molecule has 1 aromatic carbocycles. The van der Waals surface area contributed by atoms with Gasteiger partial charge in [-0.25, -0.2) is 0 Å². The minimum absolute atomic E-state index is 0.0165. The van der Waals surface area contributed by atoms with Crippen molar-refractivity contribution in [2.75, 3.05) is 32.8 Å². The summed E-state index contributed by atoms with van der Waals surface area (Å²) in [5.74, 6) is 1.60. The van der Waals surface area contributed by atoms with Gasteiger partial charge in [-0.15, -0.1) is 0 Å². The zero-order valence-electron chi connectivity index (χ0n) is 17.4. The van der Waals surface area contributed by atoms with E-state index in [9.17, 15) is 9.59 Å². The summed E-state index contributed by atoms with van der Waals surface area (Å²) in [7, 11) is 0. The van der Waals surface area contributed by atoms with Crippen LogP contribution in [0.5, 0.6) is 5.75 Å². The molecule has 0 aliphatic carbocycles. The fourth-order valence-electron chi connectivity index (χ4n) is 4.22. The average Bonchev–Trinajstić information content (AvgIpc) is 2.77. The fourth-order valence-corrected chi connectivity index (χ4v) is 4.22. The number of likely N-dealkylation sites (tertiary alicyclic amines) is 2. The van der Waals surface area contributed by atoms with Gasteiger partial charge < -0.3 is 14.5 Å². The molecule has 0 radical (unpaired) electrons. The smallest absolute Gasteiger partial charge is 0.260 e. The van der Waals surface area contributed by atoms with Crippen LogP contribution in [0.3, 0.4) is 0 Å². The summed E-state index contributed by atoms with van der Waals surface area (Å²) < 4.78 is 5.88. The molecule has 0 spiro atoms. The maximum atomic E-state index is 12.7. The average molecular weight is 387 g/mol. The van der Waals surface area contributed by atoms with E-state index in [-0.39, 0.29) is 18.4 Å². The second-order valence-electron chi connectivity index (χ2n) is 8.18. The van der Waals surface area contributed by atoms with Gasteiger partial charge in [-0.1, -0.05) is 32.0 Å². The molecule has 2 aliphatic rings. The van der Waals surface area contributed by atoms with Crippen molar-refractivity contribution in [2.45, 2.75) is 58.3 Å². The lowest BCUT2D eigenvalue weighted by Gasteiger charge is -2.35. The first-order valence-electron chi connectivity index (χ1n) is 10.9. The van der Waals surface area contributed by atoms with Crippen LogP contribution in [0.4, 0.5) is 0 Å². The Balaban J connectivity index is 1.47. The zero-order valence-corrected chi connectivity index (χ0v) is 17.4. The van der Waals surface area contributed by atoms with Crippen LogP contribution in [0.15, 0.2) is 24.3 Å². The Kier molecular flexibility index (Phi) is 7.35. The molecule has 2 heterocycles. The van der Waals surface area contributed by atoms with Gasteiger partial charge in [0.05, 0.1) is 0 Å². The molecule has 154 valence electrons. The lowest BCUT2D eigenvalue weighted by molar-refractivity contribution is -0.142. The van der Waals surface area contributed by atoms with Crippen molar-refractivity contribution in [3.8, 4) is 5.75 Å². The molecule has 2 fully saturated rings. The molecule has 0 N–H and O–H groups in total. The van der Waals surface area contributed by atoms with Crippen molar-refractivity contribution in [2.24, 2.45) is 5.92 Å². The maximum Gasteiger partial charge on any atom is 0.260 e. The number of benzene rings is 1. The first kappa shape index (κ1) is 20.7. The van der Waals surface area contributed by atoms with E-state index in [1.807, 2.05) is 28.0 Å². The van der Waals surface area contributed by atoms with Crippen molar-refractivity contribution >= 4 is 11.8 Å². The van der Waals surface area contributed by atoms with Gasteiger partial charge >= 0.3 is 0 Å². The minimum Gasteiger partial charge on any atom is -0.483 e. The van der Waals surface area contributed by atoms with Crippen molar-refractivity contribution < 1.29 is 14.3 Å². The van der Waals surface area contributed by atoms with Crippen LogP contribution in [0.25, 0.3) is 0 Å². The molecule has 2 amide bonds. The molecule has 1 aromatic rings. The summed E-state index contributed by atoms with van der Waals surface area (Å²) in [6.07, 6.45) is 6.05. The lowest BCUT2D eigenvalue weighted by atomic mass is 9.94. The Labute approximate surface area is 169 Å². The molecule has 2 saturated heterocycles. The third-order valence-electron chi connectivity index (χ3n) is 6.28. The van der Waals surface area contributed by atoms with E-state index in [0.717, 1.165) is 56.5 Å². The number of hydrogen-bond donors (Lipinski definition) is 0. The van der Waals surface area contributed by atoms with Crippen LogP contribution in [-0.2, 0) is 9.59 Å². The number of amides is 2. The Morgan fingerprint density at radius 3 is 2.39 bits per heavy atom. The van der Waals surface area contributed by atoms with E-state index in [1.54, 1.807) is 0 Å². The predicted molar refractivity (Wildman–Crippen MR) is 110 cm³/mol. The highest BCUT2D eigenvalue weighted by Crippen LogP contribution is 2.28. The van der Waals surface area contributed by atoms with Crippen molar-refractivity contribution in [3.05, 3.63) is 29.8 Å². The molecular weight excluding hydrogens is 352 g/mol. The molecule has 0 saturated carbocycles. The SMILES string of the molecule is CCC(C)c1ccccc1OCC(=O)N1CCC(C(=O)N2CCCCC2)CC1. The van der Waals surface area contributed by atoms with Gasteiger partial charge in [-0.3, -0.25) is 9.59 Å². The lowest BCUT2D eigenvalue weighted by Crippen LogP contribution is -2.46. The van der Waals surface area contributed by atoms with Crippen molar-refractivity contribution in [1.29, 1.82) is 0 Å². The summed E-state index contributed by atoms with van der Waals surface area (Å²) in [5, 5.41) is 0. The second-order valence-corrected chi connectivity index (χ2v) is 8.18. The van der Waals surface area contributed by atoms with Crippen LogP contribution in [0, 0.1) is 5.92 Å². The van der Waals surface area contributed by atoms with Gasteiger partial charge in [0, 0.05) is 32.1 Å². The topological polar surface area (TPSA) is 49.9 Å². The number of ether oxygens (including phenoxy) is 1. The quantitative estimate of drug-likeness (QED) is 0.747. The standard InChI is InChI=1S/C23H34N2O3/c1-3-18(2)20-9-5-6-10-21(20)28-17-22(26)24-15-11-19(12-16-24)23(27)25-13-7-4-8-14-25/h5-6,9-10,18-19H,3-4,7-8,11-17H2,1-2H3. The molecule has 3 rings (SSSR count). The number of nitrogens with zero attached hydrogens (tertiary/aromatic N) is 2. The predicted octanol–water partition coefficient (Wildman–Crippen LogP) is 3.83. The Morgan fingerprint density at radius 1 is 1.04 bits per heavy atom. The molecule has 5 nitrogen and oxygen atoms in total. The molecule has 1 atom stereocenters. The van der Waals surface area contributed by atoms with Gasteiger partial charge in [-0.05, 0) is 56.1 Å². The molecule has 5 heteroatoms. The summed E-state index contributed by atoms with van der Waals surface area (Å²) in [6.45, 7) is 7.51. The molecule has 2 aliphatic heterocycles. The van der Waals surface area contributed by atoms with E-state index in [0.29, 0.717) is 24.9 Å². The van der Waals surface area contributed by atoms with E-state index in [1.165, 1.54) is 6.42 Å². The largest absolute Gasteiger partial charge is 0.483 e. The van der Waals surface area contributed by atoms with Crippen LogP contribution >= 0.6 is 0 Å². The number of carbonyl (C=O) groups excluding carboxylic acids is 2. The van der Waals surface area contributed by atoms with Gasteiger partial charge in [0.15, 0.2) is 6.61 Å². The number of para-hydroxylation sites is 1. The molecular formula is C23H34N2O3. The summed E-state index contributed by atoms with van der Waals surface area (Å²) in [4.78, 5) is 29.2. The molecule has 28 heavy (non-hydrogen) atoms. The highest BCUT2D eigenvalue weighted by Gasteiger charge is 2.30. The molecule has 1 unspecified atom stereocenters. The normalized spacial score (nSPS) is 19.4. The van der Waals surface area contributed by atoms with E-state index in [2.05, 4.69) is 19.9 Å². The van der Waals surface area contributed by atoms with Gasteiger partial charge in [0.2, 0.25) is 5.91 Å². The Morgan fingerprint density at radius 2 is 1.71 bits per heavy atom. The number of piperidine rings is 2. The van der Waals surface area contributed by atoms with Crippen LogP contribution in [0.1, 0.15) is 63.9 Å². The van der Waals surface area contributed by atoms with Crippen molar-refractivity contribution in [1.82, 2.24) is 9.80 Å². The summed E-state index contributed by atoms with van der Waals surface area (Å²) in [6, 6.07) is 7.98. The minimum atomic E-state index is 0.0165. The van der Waals surface area contributed by atoms with Crippen LogP contribution in [0.2, 0.25) is 0 Å². The number of rotatable bonds is 6. The fraction of sp³-hybridized carbons (Fsp3) is 0.652. The van der Waals surface area contributed by atoms with E-state index >= 15 is 0 Å². The number of carbonyl (C=O) groups is 2. The summed E-state index contributed by atoms with van der Waals surface area (Å²) in [5.41, 5.74) is 1.16. The van der Waals surface area contributed by atoms with Crippen molar-refractivity contribution in [3.63, 3.8) is 0 Å². The van der Waals surface area contributed by atoms with Gasteiger partial charge in [0.25, 0.3) is 5.91 Å².